The number of carbonyl (C=O) groups excluding carboxylic acids is 2. The summed E-state index contributed by atoms with van der Waals surface area (Å²) in [7, 11) is 0. The summed E-state index contributed by atoms with van der Waals surface area (Å²) >= 11 is 0. The Kier molecular flexibility index (Phi) is 7.18. The maximum Gasteiger partial charge on any atom is 0.407 e. The third kappa shape index (κ3) is 5.66. The fraction of sp³-hybridized carbons (Fsp3) is 0.400. The summed E-state index contributed by atoms with van der Waals surface area (Å²) in [5, 5.41) is 14.4. The van der Waals surface area contributed by atoms with E-state index in [0.717, 1.165) is 22.3 Å². The molecule has 2 amide bonds. The Labute approximate surface area is 188 Å². The summed E-state index contributed by atoms with van der Waals surface area (Å²) in [5.41, 5.74) is 3.71. The third-order valence-corrected chi connectivity index (χ3v) is 5.66. The van der Waals surface area contributed by atoms with Crippen molar-refractivity contribution in [2.24, 2.45) is 0 Å². The topological polar surface area (TPSA) is 105 Å². The van der Waals surface area contributed by atoms with E-state index in [-0.39, 0.29) is 31.3 Å². The molecule has 0 spiro atoms. The molecular weight excluding hydrogens is 408 g/mol. The predicted molar refractivity (Wildman–Crippen MR) is 121 cm³/mol. The summed E-state index contributed by atoms with van der Waals surface area (Å²) in [6, 6.07) is 15.8. The minimum Gasteiger partial charge on any atom is -0.481 e. The average molecular weight is 439 g/mol. The second-order valence-electron chi connectivity index (χ2n) is 8.78. The van der Waals surface area contributed by atoms with Gasteiger partial charge in [0, 0.05) is 23.9 Å². The Hall–Kier alpha value is -3.35. The molecule has 0 aliphatic heterocycles. The number of amides is 2. The molecule has 0 saturated carbocycles. The van der Waals surface area contributed by atoms with Gasteiger partial charge in [0.1, 0.15) is 6.61 Å². The van der Waals surface area contributed by atoms with Gasteiger partial charge in [0.2, 0.25) is 5.91 Å². The van der Waals surface area contributed by atoms with Crippen molar-refractivity contribution in [1.82, 2.24) is 10.6 Å². The van der Waals surface area contributed by atoms with Crippen LogP contribution < -0.4 is 10.6 Å². The summed E-state index contributed by atoms with van der Waals surface area (Å²) in [4.78, 5) is 35.7. The lowest BCUT2D eigenvalue weighted by Gasteiger charge is -2.26. The molecule has 1 aliphatic carbocycles. The van der Waals surface area contributed by atoms with Crippen molar-refractivity contribution in [3.05, 3.63) is 59.7 Å². The number of hydrogen-bond acceptors (Lipinski definition) is 4. The number of alkyl carbamates (subject to hydrolysis) is 1. The Balaban J connectivity index is 1.56. The SMILES string of the molecule is CC[C@H](CC(=O)NC(C)(C)CC(=O)O)NC(=O)OCC1c2ccccc2-c2ccccc21. The summed E-state index contributed by atoms with van der Waals surface area (Å²) in [6.45, 7) is 5.37. The zero-order valence-corrected chi connectivity index (χ0v) is 18.7. The van der Waals surface area contributed by atoms with Gasteiger partial charge in [-0.3, -0.25) is 9.59 Å². The van der Waals surface area contributed by atoms with E-state index >= 15 is 0 Å². The molecule has 7 nitrogen and oxygen atoms in total. The molecule has 0 bridgehead atoms. The lowest BCUT2D eigenvalue weighted by Crippen LogP contribution is -2.47. The zero-order valence-electron chi connectivity index (χ0n) is 18.7. The Morgan fingerprint density at radius 3 is 2.12 bits per heavy atom. The highest BCUT2D eigenvalue weighted by molar-refractivity contribution is 5.80. The Morgan fingerprint density at radius 1 is 1.03 bits per heavy atom. The molecule has 0 unspecified atom stereocenters. The Morgan fingerprint density at radius 2 is 1.59 bits per heavy atom. The quantitative estimate of drug-likeness (QED) is 0.548. The molecule has 1 atom stereocenters. The van der Waals surface area contributed by atoms with Crippen LogP contribution in [0.2, 0.25) is 0 Å². The van der Waals surface area contributed by atoms with Gasteiger partial charge in [-0.1, -0.05) is 55.5 Å². The van der Waals surface area contributed by atoms with Gasteiger partial charge in [0.15, 0.2) is 0 Å². The minimum absolute atomic E-state index is 0.0339. The van der Waals surface area contributed by atoms with E-state index in [2.05, 4.69) is 34.9 Å². The molecule has 32 heavy (non-hydrogen) atoms. The van der Waals surface area contributed by atoms with Crippen molar-refractivity contribution in [3.63, 3.8) is 0 Å². The molecule has 170 valence electrons. The number of carbonyl (C=O) groups is 3. The highest BCUT2D eigenvalue weighted by atomic mass is 16.5. The van der Waals surface area contributed by atoms with Gasteiger partial charge in [-0.15, -0.1) is 0 Å². The Bertz CT molecular complexity index is 956. The van der Waals surface area contributed by atoms with Gasteiger partial charge in [-0.2, -0.15) is 0 Å². The number of carboxylic acids is 1. The van der Waals surface area contributed by atoms with Crippen molar-refractivity contribution in [2.45, 2.75) is 57.5 Å². The molecule has 0 aromatic heterocycles. The average Bonchev–Trinajstić information content (AvgIpc) is 3.04. The second-order valence-corrected chi connectivity index (χ2v) is 8.78. The molecule has 0 heterocycles. The first kappa shape index (κ1) is 23.3. The van der Waals surface area contributed by atoms with Crippen molar-refractivity contribution < 1.29 is 24.2 Å². The molecule has 3 N–H and O–H groups in total. The summed E-state index contributed by atoms with van der Waals surface area (Å²) < 4.78 is 5.55. The largest absolute Gasteiger partial charge is 0.481 e. The van der Waals surface area contributed by atoms with Crippen molar-refractivity contribution in [1.29, 1.82) is 0 Å². The van der Waals surface area contributed by atoms with E-state index in [9.17, 15) is 14.4 Å². The van der Waals surface area contributed by atoms with Crippen LogP contribution in [-0.4, -0.2) is 41.3 Å². The molecule has 0 radical (unpaired) electrons. The number of rotatable bonds is 9. The third-order valence-electron chi connectivity index (χ3n) is 5.66. The van der Waals surface area contributed by atoms with Crippen LogP contribution in [0.4, 0.5) is 4.79 Å². The van der Waals surface area contributed by atoms with Gasteiger partial charge >= 0.3 is 12.1 Å². The lowest BCUT2D eigenvalue weighted by molar-refractivity contribution is -0.138. The van der Waals surface area contributed by atoms with Gasteiger partial charge in [0.05, 0.1) is 6.42 Å². The highest BCUT2D eigenvalue weighted by Crippen LogP contribution is 2.44. The van der Waals surface area contributed by atoms with Crippen LogP contribution in [-0.2, 0) is 14.3 Å². The standard InChI is InChI=1S/C25H30N2O5/c1-4-16(13-22(28)27-25(2,3)14-23(29)30)26-24(31)32-15-21-19-11-7-5-9-17(19)18-10-6-8-12-20(18)21/h5-12,16,21H,4,13-15H2,1-3H3,(H,26,31)(H,27,28)(H,29,30)/t16-/m1/s1. The normalized spacial score (nSPS) is 13.6. The number of carboxylic acid groups (broad SMARTS) is 1. The van der Waals surface area contributed by atoms with Gasteiger partial charge in [0.25, 0.3) is 0 Å². The summed E-state index contributed by atoms with van der Waals surface area (Å²) in [5.74, 6) is -1.34. The maximum absolute atomic E-state index is 12.5. The highest BCUT2D eigenvalue weighted by Gasteiger charge is 2.29. The molecule has 2 aromatic rings. The van der Waals surface area contributed by atoms with E-state index in [1.165, 1.54) is 0 Å². The fourth-order valence-electron chi connectivity index (χ4n) is 4.18. The van der Waals surface area contributed by atoms with Crippen LogP contribution in [0.15, 0.2) is 48.5 Å². The van der Waals surface area contributed by atoms with E-state index in [4.69, 9.17) is 9.84 Å². The number of hydrogen-bond donors (Lipinski definition) is 3. The molecule has 1 aliphatic rings. The number of fused-ring (bicyclic) bond motifs is 3. The van der Waals surface area contributed by atoms with Crippen molar-refractivity contribution >= 4 is 18.0 Å². The van der Waals surface area contributed by atoms with Crippen LogP contribution >= 0.6 is 0 Å². The van der Waals surface area contributed by atoms with Crippen LogP contribution in [0.25, 0.3) is 11.1 Å². The first-order valence-electron chi connectivity index (χ1n) is 10.8. The van der Waals surface area contributed by atoms with Crippen LogP contribution in [0.1, 0.15) is 57.1 Å². The number of nitrogens with one attached hydrogen (secondary N) is 2. The molecule has 2 aromatic carbocycles. The smallest absolute Gasteiger partial charge is 0.407 e. The van der Waals surface area contributed by atoms with Crippen molar-refractivity contribution in [2.75, 3.05) is 6.61 Å². The lowest BCUT2D eigenvalue weighted by atomic mass is 9.98. The predicted octanol–water partition coefficient (Wildman–Crippen LogP) is 4.06. The zero-order chi connectivity index (χ0) is 23.3. The molecule has 7 heteroatoms. The number of ether oxygens (including phenoxy) is 1. The van der Waals surface area contributed by atoms with Crippen LogP contribution in [0.5, 0.6) is 0 Å². The summed E-state index contributed by atoms with van der Waals surface area (Å²) in [6.07, 6.45) is -0.174. The second kappa shape index (κ2) is 9.85. The van der Waals surface area contributed by atoms with Gasteiger partial charge < -0.3 is 20.5 Å². The molecular formula is C25H30N2O5. The molecule has 0 saturated heterocycles. The first-order valence-corrected chi connectivity index (χ1v) is 10.8. The van der Waals surface area contributed by atoms with E-state index in [1.54, 1.807) is 13.8 Å². The molecule has 0 fully saturated rings. The van der Waals surface area contributed by atoms with Gasteiger partial charge in [-0.25, -0.2) is 4.79 Å². The maximum atomic E-state index is 12.5. The number of benzene rings is 2. The van der Waals surface area contributed by atoms with E-state index < -0.39 is 23.6 Å². The molecule has 3 rings (SSSR count). The fourth-order valence-corrected chi connectivity index (χ4v) is 4.18. The monoisotopic (exact) mass is 438 g/mol. The first-order chi connectivity index (χ1) is 15.2. The van der Waals surface area contributed by atoms with Crippen molar-refractivity contribution in [3.8, 4) is 11.1 Å². The van der Waals surface area contributed by atoms with Crippen LogP contribution in [0, 0.1) is 0 Å². The van der Waals surface area contributed by atoms with E-state index in [0.29, 0.717) is 6.42 Å². The minimum atomic E-state index is -0.987. The van der Waals surface area contributed by atoms with Gasteiger partial charge in [-0.05, 0) is 42.5 Å². The number of aliphatic carboxylic acids is 1. The van der Waals surface area contributed by atoms with Crippen LogP contribution in [0.3, 0.4) is 0 Å². The van der Waals surface area contributed by atoms with E-state index in [1.807, 2.05) is 31.2 Å².